The van der Waals surface area contributed by atoms with E-state index in [9.17, 15) is 14.0 Å². The Morgan fingerprint density at radius 3 is 2.84 bits per heavy atom. The molecule has 2 aromatic heterocycles. The number of nitrogens with one attached hydrogen (secondary N) is 1. The van der Waals surface area contributed by atoms with Crippen molar-refractivity contribution in [1.29, 1.82) is 0 Å². The average Bonchev–Trinajstić information content (AvgIpc) is 3.36. The molecule has 0 radical (unpaired) electrons. The van der Waals surface area contributed by atoms with Crippen LogP contribution in [0, 0.1) is 5.82 Å². The minimum Gasteiger partial charge on any atom is -0.385 e. The largest absolute Gasteiger partial charge is 0.385 e. The van der Waals surface area contributed by atoms with Crippen molar-refractivity contribution in [1.82, 2.24) is 19.4 Å². The minimum absolute atomic E-state index is 0.0660. The molecule has 3 heterocycles. The summed E-state index contributed by atoms with van der Waals surface area (Å²) in [5, 5.41) is 2.75. The van der Waals surface area contributed by atoms with Gasteiger partial charge in [-0.2, -0.15) is 0 Å². The Morgan fingerprint density at radius 1 is 1.28 bits per heavy atom. The van der Waals surface area contributed by atoms with Gasteiger partial charge in [0.15, 0.2) is 5.65 Å². The van der Waals surface area contributed by atoms with E-state index in [1.807, 2.05) is 11.8 Å². The lowest BCUT2D eigenvalue weighted by Gasteiger charge is -2.21. The zero-order chi connectivity index (χ0) is 22.7. The highest BCUT2D eigenvalue weighted by atomic mass is 19.1. The summed E-state index contributed by atoms with van der Waals surface area (Å²) in [6.07, 6.45) is 4.22. The molecule has 1 unspecified atom stereocenters. The predicted molar refractivity (Wildman–Crippen MR) is 118 cm³/mol. The molecule has 2 amide bonds. The van der Waals surface area contributed by atoms with Crippen LogP contribution in [0.15, 0.2) is 36.5 Å². The molecule has 0 bridgehead atoms. The van der Waals surface area contributed by atoms with Gasteiger partial charge in [-0.25, -0.2) is 14.4 Å². The van der Waals surface area contributed by atoms with Gasteiger partial charge in [-0.05, 0) is 50.5 Å². The van der Waals surface area contributed by atoms with Crippen LogP contribution in [0.4, 0.5) is 10.3 Å². The lowest BCUT2D eigenvalue weighted by atomic mass is 10.2. The van der Waals surface area contributed by atoms with Crippen molar-refractivity contribution < 1.29 is 18.7 Å². The number of hydrogen-bond donors (Lipinski definition) is 1. The van der Waals surface area contributed by atoms with Crippen molar-refractivity contribution in [2.45, 2.75) is 38.8 Å². The summed E-state index contributed by atoms with van der Waals surface area (Å²) in [4.78, 5) is 36.5. The van der Waals surface area contributed by atoms with Gasteiger partial charge in [0.25, 0.3) is 11.8 Å². The van der Waals surface area contributed by atoms with E-state index >= 15 is 0 Å². The van der Waals surface area contributed by atoms with E-state index in [1.54, 1.807) is 23.9 Å². The fourth-order valence-corrected chi connectivity index (χ4v) is 4.01. The number of aromatic nitrogens is 3. The molecule has 1 saturated heterocycles. The van der Waals surface area contributed by atoms with Gasteiger partial charge in [0.05, 0.1) is 5.56 Å². The van der Waals surface area contributed by atoms with Crippen LogP contribution >= 0.6 is 0 Å². The molecule has 0 spiro atoms. The number of imidazole rings is 1. The highest BCUT2D eigenvalue weighted by Gasteiger charge is 2.27. The van der Waals surface area contributed by atoms with E-state index in [1.165, 1.54) is 24.3 Å². The van der Waals surface area contributed by atoms with Gasteiger partial charge in [0.1, 0.15) is 11.3 Å². The van der Waals surface area contributed by atoms with Crippen molar-refractivity contribution in [3.05, 3.63) is 53.5 Å². The first-order valence-corrected chi connectivity index (χ1v) is 10.7. The first-order chi connectivity index (χ1) is 15.5. The summed E-state index contributed by atoms with van der Waals surface area (Å²) in [7, 11) is 1.62. The maximum Gasteiger partial charge on any atom is 0.258 e. The number of methoxy groups -OCH3 is 1. The quantitative estimate of drug-likeness (QED) is 0.570. The van der Waals surface area contributed by atoms with Crippen molar-refractivity contribution in [3.63, 3.8) is 0 Å². The molecular formula is C23H26FN5O3. The SMILES string of the molecule is COCCCn1c(NC(=O)c2cccc(F)c2)nc2cc(C(=O)N3CCCC3C)cnc21. The Kier molecular flexibility index (Phi) is 6.45. The number of nitrogens with zero attached hydrogens (tertiary/aromatic N) is 4. The van der Waals surface area contributed by atoms with Gasteiger partial charge in [-0.3, -0.25) is 19.5 Å². The Morgan fingerprint density at radius 2 is 2.12 bits per heavy atom. The summed E-state index contributed by atoms with van der Waals surface area (Å²) in [6, 6.07) is 7.36. The predicted octanol–water partition coefficient (Wildman–Crippen LogP) is 3.48. The number of carbonyl (C=O) groups excluding carboxylic acids is 2. The van der Waals surface area contributed by atoms with E-state index in [0.29, 0.717) is 36.3 Å². The van der Waals surface area contributed by atoms with E-state index < -0.39 is 11.7 Å². The zero-order valence-corrected chi connectivity index (χ0v) is 18.2. The summed E-state index contributed by atoms with van der Waals surface area (Å²) >= 11 is 0. The van der Waals surface area contributed by atoms with E-state index in [-0.39, 0.29) is 23.5 Å². The summed E-state index contributed by atoms with van der Waals surface area (Å²) in [6.45, 7) is 3.81. The van der Waals surface area contributed by atoms with Gasteiger partial charge in [0.2, 0.25) is 5.95 Å². The van der Waals surface area contributed by atoms with Gasteiger partial charge < -0.3 is 9.64 Å². The number of benzene rings is 1. The van der Waals surface area contributed by atoms with Crippen molar-refractivity contribution >= 4 is 28.9 Å². The molecule has 1 fully saturated rings. The Hall–Kier alpha value is -3.33. The molecule has 3 aromatic rings. The van der Waals surface area contributed by atoms with Crippen LogP contribution in [0.2, 0.25) is 0 Å². The third-order valence-corrected chi connectivity index (χ3v) is 5.69. The maximum atomic E-state index is 13.5. The third-order valence-electron chi connectivity index (χ3n) is 5.69. The molecule has 9 heteroatoms. The van der Waals surface area contributed by atoms with Crippen LogP contribution in [0.1, 0.15) is 46.9 Å². The molecule has 1 atom stereocenters. The van der Waals surface area contributed by atoms with E-state index in [2.05, 4.69) is 15.3 Å². The molecule has 168 valence electrons. The average molecular weight is 439 g/mol. The number of rotatable bonds is 7. The van der Waals surface area contributed by atoms with Crippen LogP contribution in [-0.2, 0) is 11.3 Å². The monoisotopic (exact) mass is 439 g/mol. The number of likely N-dealkylation sites (tertiary alicyclic amines) is 1. The van der Waals surface area contributed by atoms with Crippen molar-refractivity contribution in [3.8, 4) is 0 Å². The third kappa shape index (κ3) is 4.47. The molecule has 4 rings (SSSR count). The number of hydrogen-bond acceptors (Lipinski definition) is 5. The number of anilines is 1. The fourth-order valence-electron chi connectivity index (χ4n) is 4.01. The molecule has 0 aliphatic carbocycles. The number of halogens is 1. The van der Waals surface area contributed by atoms with Crippen LogP contribution in [0.5, 0.6) is 0 Å². The van der Waals surface area contributed by atoms with Gasteiger partial charge in [-0.1, -0.05) is 6.07 Å². The number of carbonyl (C=O) groups is 2. The smallest absolute Gasteiger partial charge is 0.258 e. The molecule has 0 saturated carbocycles. The van der Waals surface area contributed by atoms with E-state index in [0.717, 1.165) is 19.4 Å². The van der Waals surface area contributed by atoms with Crippen LogP contribution < -0.4 is 5.32 Å². The highest BCUT2D eigenvalue weighted by Crippen LogP contribution is 2.23. The number of aryl methyl sites for hydroxylation is 1. The summed E-state index contributed by atoms with van der Waals surface area (Å²) in [5.41, 5.74) is 1.72. The van der Waals surface area contributed by atoms with Gasteiger partial charge in [-0.15, -0.1) is 0 Å². The second-order valence-electron chi connectivity index (χ2n) is 7.95. The van der Waals surface area contributed by atoms with Crippen LogP contribution in [-0.4, -0.2) is 57.6 Å². The van der Waals surface area contributed by atoms with Crippen molar-refractivity contribution in [2.24, 2.45) is 0 Å². The maximum absolute atomic E-state index is 13.5. The van der Waals surface area contributed by atoms with E-state index in [4.69, 9.17) is 4.74 Å². The highest BCUT2D eigenvalue weighted by molar-refractivity contribution is 6.04. The van der Waals surface area contributed by atoms with Crippen molar-refractivity contribution in [2.75, 3.05) is 25.6 Å². The molecule has 1 aromatic carbocycles. The van der Waals surface area contributed by atoms with Crippen LogP contribution in [0.25, 0.3) is 11.2 Å². The first-order valence-electron chi connectivity index (χ1n) is 10.7. The standard InChI is InChI=1S/C23H26FN5O3/c1-15-6-4-9-28(15)22(31)17-13-19-20(25-14-17)29(10-5-11-32-2)23(26-19)27-21(30)16-7-3-8-18(24)12-16/h3,7-8,12-15H,4-6,9-11H2,1-2H3,(H,26,27,30). The number of fused-ring (bicyclic) bond motifs is 1. The summed E-state index contributed by atoms with van der Waals surface area (Å²) in [5.74, 6) is -0.747. The fraction of sp³-hybridized carbons (Fsp3) is 0.391. The zero-order valence-electron chi connectivity index (χ0n) is 18.2. The molecular weight excluding hydrogens is 413 g/mol. The Bertz CT molecular complexity index is 1150. The number of pyridine rings is 1. The minimum atomic E-state index is -0.493. The Labute approximate surface area is 185 Å². The second-order valence-corrected chi connectivity index (χ2v) is 7.95. The normalized spacial score (nSPS) is 16.0. The first kappa shape index (κ1) is 21.9. The number of ether oxygens (including phenoxy) is 1. The van der Waals surface area contributed by atoms with Gasteiger partial charge in [0, 0.05) is 44.6 Å². The molecule has 1 N–H and O–H groups in total. The topological polar surface area (TPSA) is 89.3 Å². The Balaban J connectivity index is 1.66. The summed E-state index contributed by atoms with van der Waals surface area (Å²) < 4.78 is 20.4. The van der Waals surface area contributed by atoms with Crippen LogP contribution in [0.3, 0.4) is 0 Å². The molecule has 32 heavy (non-hydrogen) atoms. The lowest BCUT2D eigenvalue weighted by Crippen LogP contribution is -2.33. The molecule has 1 aliphatic heterocycles. The van der Waals surface area contributed by atoms with Gasteiger partial charge >= 0.3 is 0 Å². The molecule has 8 nitrogen and oxygen atoms in total. The lowest BCUT2D eigenvalue weighted by molar-refractivity contribution is 0.0747. The number of amides is 2. The molecule has 1 aliphatic rings. The second kappa shape index (κ2) is 9.44.